The molecule has 3 rings (SSSR count). The van der Waals surface area contributed by atoms with E-state index in [2.05, 4.69) is 9.97 Å². The minimum atomic E-state index is -0.826. The van der Waals surface area contributed by atoms with Crippen LogP contribution in [0.15, 0.2) is 42.7 Å². The molecular weight excluding hydrogens is 676 g/mol. The molecule has 5 N–H and O–H groups in total. The molecule has 1 aromatic heterocycles. The molecule has 0 saturated carbocycles. The molecule has 16 heteroatoms. The number of carbonyl (C=O) groups excluding carboxylic acids is 2. The number of ether oxygens (including phenoxy) is 2. The molecule has 0 spiro atoms. The van der Waals surface area contributed by atoms with Gasteiger partial charge in [-0.3, -0.25) is 10.1 Å². The van der Waals surface area contributed by atoms with Gasteiger partial charge in [0.25, 0.3) is 5.69 Å². The fourth-order valence-corrected chi connectivity index (χ4v) is 3.24. The number of nitrogens with zero attached hydrogens (tertiary/aromatic N) is 2. The van der Waals surface area contributed by atoms with E-state index in [1.54, 1.807) is 57.4 Å². The van der Waals surface area contributed by atoms with Crippen LogP contribution in [-0.2, 0) is 14.5 Å². The van der Waals surface area contributed by atoms with Gasteiger partial charge in [-0.2, -0.15) is 0 Å². The first-order valence-corrected chi connectivity index (χ1v) is 18.7. The molecule has 0 aliphatic rings. The summed E-state index contributed by atoms with van der Waals surface area (Å²) in [6, 6.07) is 7.68. The SMILES string of the molecule is CCOC(=O)c1cc(N)cc2[nH]ccc12.CCOC(=O)c1cc(NOO)cc([N+](=O)[O-])c1/C=C/N(C)C.[Cl][Sn][Cl]. The fraction of sp³-hybridized carbons (Fsp3) is 0.250. The van der Waals surface area contributed by atoms with E-state index in [-0.39, 0.29) is 35.1 Å². The van der Waals surface area contributed by atoms with E-state index < -0.39 is 29.8 Å². The Labute approximate surface area is 247 Å². The van der Waals surface area contributed by atoms with Crippen molar-refractivity contribution in [1.29, 1.82) is 0 Å². The molecule has 2 aromatic carbocycles. The Balaban J connectivity index is 0.000000383. The van der Waals surface area contributed by atoms with Crippen LogP contribution in [0.1, 0.15) is 40.1 Å². The average molecular weight is 705 g/mol. The maximum atomic E-state index is 12.0. The maximum absolute atomic E-state index is 12.0. The number of halogens is 2. The molecular formula is C24H29Cl2N5O8Sn. The number of hydrogen-bond acceptors (Lipinski definition) is 11. The Morgan fingerprint density at radius 3 is 2.27 bits per heavy atom. The number of nitro groups is 1. The first-order chi connectivity index (χ1) is 19.0. The topological polar surface area (TPSA) is 182 Å². The predicted molar refractivity (Wildman–Crippen MR) is 155 cm³/mol. The monoisotopic (exact) mass is 705 g/mol. The van der Waals surface area contributed by atoms with Crippen LogP contribution in [0.25, 0.3) is 17.0 Å². The number of fused-ring (bicyclic) bond motifs is 1. The van der Waals surface area contributed by atoms with Crippen LogP contribution in [-0.4, -0.2) is 78.2 Å². The molecule has 0 aliphatic carbocycles. The van der Waals surface area contributed by atoms with Crippen molar-refractivity contribution in [3.8, 4) is 0 Å². The van der Waals surface area contributed by atoms with Gasteiger partial charge in [0.2, 0.25) is 0 Å². The molecule has 2 radical (unpaired) electrons. The Hall–Kier alpha value is -3.24. The number of aromatic amines is 1. The normalized spacial score (nSPS) is 10.2. The zero-order valence-corrected chi connectivity index (χ0v) is 26.4. The second kappa shape index (κ2) is 18.2. The summed E-state index contributed by atoms with van der Waals surface area (Å²) in [4.78, 5) is 42.7. The molecule has 0 saturated heterocycles. The van der Waals surface area contributed by atoms with Crippen molar-refractivity contribution < 1.29 is 34.2 Å². The van der Waals surface area contributed by atoms with Gasteiger partial charge in [0.1, 0.15) is 0 Å². The van der Waals surface area contributed by atoms with E-state index in [0.717, 1.165) is 17.0 Å². The van der Waals surface area contributed by atoms with E-state index in [4.69, 9.17) is 38.3 Å². The van der Waals surface area contributed by atoms with Crippen molar-refractivity contribution in [2.45, 2.75) is 13.8 Å². The van der Waals surface area contributed by atoms with Gasteiger partial charge in [-0.1, -0.05) is 0 Å². The summed E-state index contributed by atoms with van der Waals surface area (Å²) in [6.07, 6.45) is 4.78. The molecule has 1 heterocycles. The molecule has 0 unspecified atom stereocenters. The Bertz CT molecular complexity index is 1320. The quantitative estimate of drug-likeness (QED) is 0.0585. The Morgan fingerprint density at radius 1 is 1.15 bits per heavy atom. The summed E-state index contributed by atoms with van der Waals surface area (Å²) < 4.78 is 9.86. The zero-order chi connectivity index (χ0) is 30.2. The van der Waals surface area contributed by atoms with Gasteiger partial charge in [0.15, 0.2) is 0 Å². The summed E-state index contributed by atoms with van der Waals surface area (Å²) >= 11 is -0.826. The van der Waals surface area contributed by atoms with E-state index in [0.29, 0.717) is 17.9 Å². The van der Waals surface area contributed by atoms with Gasteiger partial charge in [0, 0.05) is 42.9 Å². The first-order valence-electron chi connectivity index (χ1n) is 11.4. The summed E-state index contributed by atoms with van der Waals surface area (Å²) in [7, 11) is 13.3. The van der Waals surface area contributed by atoms with Crippen LogP contribution in [0.5, 0.6) is 0 Å². The number of carbonyl (C=O) groups is 2. The summed E-state index contributed by atoms with van der Waals surface area (Å²) in [5.41, 5.74) is 9.42. The summed E-state index contributed by atoms with van der Waals surface area (Å²) in [6.45, 7) is 3.89. The van der Waals surface area contributed by atoms with Crippen LogP contribution >= 0.6 is 17.8 Å². The number of hydrogen-bond donors (Lipinski definition) is 4. The van der Waals surface area contributed by atoms with Crippen molar-refractivity contribution in [3.05, 3.63) is 69.5 Å². The fourth-order valence-electron chi connectivity index (χ4n) is 3.24. The third kappa shape index (κ3) is 10.7. The van der Waals surface area contributed by atoms with E-state index >= 15 is 0 Å². The van der Waals surface area contributed by atoms with E-state index in [9.17, 15) is 19.7 Å². The van der Waals surface area contributed by atoms with Crippen molar-refractivity contribution >= 4 is 82.7 Å². The third-order valence-electron chi connectivity index (χ3n) is 4.74. The number of H-pyrrole nitrogens is 1. The predicted octanol–water partition coefficient (Wildman–Crippen LogP) is 5.05. The molecule has 3 aromatic rings. The van der Waals surface area contributed by atoms with E-state index in [1.807, 2.05) is 11.5 Å². The van der Waals surface area contributed by atoms with Gasteiger partial charge >= 0.3 is 48.7 Å². The van der Waals surface area contributed by atoms with Gasteiger partial charge in [-0.25, -0.2) is 20.3 Å². The van der Waals surface area contributed by atoms with Crippen LogP contribution in [0.4, 0.5) is 17.1 Å². The van der Waals surface area contributed by atoms with Crippen molar-refractivity contribution in [2.75, 3.05) is 38.5 Å². The van der Waals surface area contributed by atoms with Crippen LogP contribution in [0.2, 0.25) is 0 Å². The van der Waals surface area contributed by atoms with Gasteiger partial charge in [-0.05, 0) is 50.4 Å². The number of nitrogens with two attached hydrogens (primary N) is 1. The molecule has 0 bridgehead atoms. The molecule has 0 atom stereocenters. The van der Waals surface area contributed by atoms with E-state index in [1.165, 1.54) is 12.1 Å². The van der Waals surface area contributed by atoms with Crippen molar-refractivity contribution in [1.82, 2.24) is 9.88 Å². The van der Waals surface area contributed by atoms with Crippen LogP contribution in [0, 0.1) is 10.1 Å². The second-order valence-corrected chi connectivity index (χ2v) is 11.9. The average Bonchev–Trinajstić information content (AvgIpc) is 3.36. The van der Waals surface area contributed by atoms with Gasteiger partial charge in [-0.15, -0.1) is 4.99 Å². The van der Waals surface area contributed by atoms with Gasteiger partial charge in [0.05, 0.1) is 40.5 Å². The number of benzene rings is 2. The second-order valence-electron chi connectivity index (χ2n) is 7.71. The first kappa shape index (κ1) is 34.8. The summed E-state index contributed by atoms with van der Waals surface area (Å²) in [5, 5.41) is 20.5. The molecule has 40 heavy (non-hydrogen) atoms. The van der Waals surface area contributed by atoms with Crippen LogP contribution < -0.4 is 11.2 Å². The Morgan fingerprint density at radius 2 is 1.75 bits per heavy atom. The standard InChI is InChI=1S/C13H17N3O6.C11H12N2O2.2ClH.Sn/c1-4-21-13(17)11-7-9(14-22-20)8-12(16(18)19)10(11)5-6-15(2)3;1-2-15-11(14)9-5-7(12)6-10-8(9)3-4-13-10;;;/h5-8,14,20H,4H2,1-3H3;3-6,13H,2,12H2,1H3;2*1H;/q;;;;+2/p-2/b6-5+;;;;. The number of aromatic nitrogens is 1. The number of nitro benzene ring substituents is 1. The number of nitrogens with one attached hydrogen (secondary N) is 2. The van der Waals surface area contributed by atoms with Crippen molar-refractivity contribution in [3.63, 3.8) is 0 Å². The molecule has 0 fully saturated rings. The zero-order valence-electron chi connectivity index (χ0n) is 22.1. The third-order valence-corrected chi connectivity index (χ3v) is 4.74. The van der Waals surface area contributed by atoms with Crippen molar-refractivity contribution in [2.24, 2.45) is 0 Å². The molecule has 13 nitrogen and oxygen atoms in total. The van der Waals surface area contributed by atoms with Crippen LogP contribution in [0.3, 0.4) is 0 Å². The number of esters is 2. The minimum absolute atomic E-state index is 0.0197. The number of anilines is 2. The summed E-state index contributed by atoms with van der Waals surface area (Å²) in [5.74, 6) is -1.06. The van der Waals surface area contributed by atoms with Gasteiger partial charge < -0.3 is 25.1 Å². The molecule has 0 aliphatic heterocycles. The molecule has 0 amide bonds. The number of rotatable bonds is 9. The number of nitrogen functional groups attached to an aromatic ring is 1. The Kier molecular flexibility index (Phi) is 15.8. The molecule has 216 valence electrons.